The molecule has 9 rings (SSSR count). The van der Waals surface area contributed by atoms with Crippen molar-refractivity contribution in [3.05, 3.63) is 194 Å². The summed E-state index contributed by atoms with van der Waals surface area (Å²) in [6.07, 6.45) is 21.4. The van der Waals surface area contributed by atoms with Gasteiger partial charge in [0.05, 0.1) is 43.6 Å². The fraction of sp³-hybridized carbons (Fsp3) is 0.186. The Balaban J connectivity index is 0.000000170. The van der Waals surface area contributed by atoms with Gasteiger partial charge in [-0.1, -0.05) is 36.0 Å². The summed E-state index contributed by atoms with van der Waals surface area (Å²) >= 11 is 0. The number of carbonyl (C=O) groups excluding carboxylic acids is 3. The number of pyridine rings is 3. The number of hydrogen-bond acceptors (Lipinski definition) is 10. The Kier molecular flexibility index (Phi) is 18.6. The van der Waals surface area contributed by atoms with E-state index in [0.717, 1.165) is 0 Å². The van der Waals surface area contributed by atoms with Crippen molar-refractivity contribution in [1.29, 1.82) is 0 Å². The van der Waals surface area contributed by atoms with Gasteiger partial charge in [-0.25, -0.2) is 44.6 Å². The summed E-state index contributed by atoms with van der Waals surface area (Å²) in [5, 5.41) is 10.8. The second kappa shape index (κ2) is 25.8. The van der Waals surface area contributed by atoms with Gasteiger partial charge in [-0.15, -0.1) is 19.3 Å². The third-order valence-corrected chi connectivity index (χ3v) is 12.5. The number of terminal acetylenes is 3. The highest BCUT2D eigenvalue weighted by atomic mass is 19.1. The minimum absolute atomic E-state index is 0.0354. The van der Waals surface area contributed by atoms with Crippen LogP contribution in [0.3, 0.4) is 0 Å². The molecular formula is C59H52F3N9O7. The van der Waals surface area contributed by atoms with E-state index >= 15 is 0 Å². The van der Waals surface area contributed by atoms with E-state index in [1.165, 1.54) is 25.3 Å². The lowest BCUT2D eigenvalue weighted by Crippen LogP contribution is -2.26. The van der Waals surface area contributed by atoms with Crippen LogP contribution in [0.25, 0.3) is 33.1 Å². The molecule has 0 aliphatic carbocycles. The van der Waals surface area contributed by atoms with E-state index in [-0.39, 0.29) is 38.4 Å². The Morgan fingerprint density at radius 3 is 1.18 bits per heavy atom. The van der Waals surface area contributed by atoms with Crippen molar-refractivity contribution >= 4 is 50.8 Å². The number of halogens is 3. The molecular weight excluding hydrogens is 1000 g/mol. The van der Waals surface area contributed by atoms with Gasteiger partial charge in [-0.3, -0.25) is 28.9 Å². The van der Waals surface area contributed by atoms with Gasteiger partial charge in [-0.2, -0.15) is 0 Å². The highest BCUT2D eigenvalue weighted by Crippen LogP contribution is 2.30. The normalized spacial score (nSPS) is 10.7. The van der Waals surface area contributed by atoms with Gasteiger partial charge in [0.2, 0.25) is 0 Å². The zero-order valence-corrected chi connectivity index (χ0v) is 43.1. The number of hydroxylamine groups is 3. The lowest BCUT2D eigenvalue weighted by molar-refractivity contribution is 0.0168. The van der Waals surface area contributed by atoms with Crippen LogP contribution < -0.4 is 16.4 Å². The van der Waals surface area contributed by atoms with Crippen LogP contribution in [0, 0.1) is 54.5 Å². The molecule has 78 heavy (non-hydrogen) atoms. The number of hydrogen-bond donors (Lipinski definition) is 4. The van der Waals surface area contributed by atoms with E-state index in [1.807, 2.05) is 6.07 Å². The van der Waals surface area contributed by atoms with Gasteiger partial charge in [0.1, 0.15) is 34.4 Å². The summed E-state index contributed by atoms with van der Waals surface area (Å²) in [4.78, 5) is 65.5. The fourth-order valence-electron chi connectivity index (χ4n) is 8.74. The highest BCUT2D eigenvalue weighted by molar-refractivity contribution is 6.09. The molecule has 0 saturated carbocycles. The maximum Gasteiger partial charge on any atom is 0.277 e. The SMILES string of the molecule is C#Cc1ccc(Cc2c(C(=O)NOC)c3cccnc3n2C)c(F)c1.C#Cc1ccc(Cc2c(C(=O)NOCC)c3cccnc3n2C)c(F)c1.C#Cc1ccc(Cc2c(C(=O)NOCCO)c3cccnc3n2C)c(F)c1. The molecule has 0 fully saturated rings. The van der Waals surface area contributed by atoms with E-state index in [9.17, 15) is 27.6 Å². The van der Waals surface area contributed by atoms with Crippen LogP contribution in [0.5, 0.6) is 0 Å². The molecule has 16 nitrogen and oxygen atoms in total. The van der Waals surface area contributed by atoms with Gasteiger partial charge >= 0.3 is 0 Å². The Bertz CT molecular complexity index is 3840. The molecule has 0 unspecified atom stereocenters. The second-order valence-corrected chi connectivity index (χ2v) is 17.2. The average molecular weight is 1060 g/mol. The summed E-state index contributed by atoms with van der Waals surface area (Å²) in [6.45, 7) is 1.85. The largest absolute Gasteiger partial charge is 0.394 e. The molecule has 6 aromatic heterocycles. The maximum atomic E-state index is 14.4. The van der Waals surface area contributed by atoms with Crippen LogP contribution in [0.15, 0.2) is 110 Å². The number of nitrogens with one attached hydrogen (secondary N) is 3. The summed E-state index contributed by atoms with van der Waals surface area (Å²) in [5.74, 6) is 4.67. The number of aromatic nitrogens is 6. The number of amides is 3. The van der Waals surface area contributed by atoms with Crippen molar-refractivity contribution in [3.8, 4) is 37.0 Å². The van der Waals surface area contributed by atoms with Crippen LogP contribution >= 0.6 is 0 Å². The molecule has 19 heteroatoms. The quantitative estimate of drug-likeness (QED) is 0.0456. The van der Waals surface area contributed by atoms with Crippen molar-refractivity contribution < 1.29 is 47.2 Å². The smallest absolute Gasteiger partial charge is 0.277 e. The average Bonchev–Trinajstić information content (AvgIpc) is 4.10. The summed E-state index contributed by atoms with van der Waals surface area (Å²) in [6, 6.07) is 24.4. The second-order valence-electron chi connectivity index (χ2n) is 17.2. The molecule has 9 aromatic rings. The fourth-order valence-corrected chi connectivity index (χ4v) is 8.74. The summed E-state index contributed by atoms with van der Waals surface area (Å²) in [5.41, 5.74) is 14.6. The maximum absolute atomic E-state index is 14.4. The van der Waals surface area contributed by atoms with E-state index in [2.05, 4.69) is 49.2 Å². The summed E-state index contributed by atoms with van der Waals surface area (Å²) < 4.78 is 48.5. The topological polar surface area (TPSA) is 189 Å². The predicted molar refractivity (Wildman–Crippen MR) is 288 cm³/mol. The Hall–Kier alpha value is -9.55. The molecule has 6 heterocycles. The number of aryl methyl sites for hydroxylation is 3. The third-order valence-electron chi connectivity index (χ3n) is 12.5. The molecule has 0 bridgehead atoms. The molecule has 0 aliphatic rings. The lowest BCUT2D eigenvalue weighted by Gasteiger charge is -2.10. The number of rotatable bonds is 15. The van der Waals surface area contributed by atoms with Crippen LogP contribution in [-0.2, 0) is 54.9 Å². The number of benzene rings is 3. The highest BCUT2D eigenvalue weighted by Gasteiger charge is 2.26. The molecule has 0 aliphatic heterocycles. The van der Waals surface area contributed by atoms with Gasteiger partial charge in [0.15, 0.2) is 0 Å². The van der Waals surface area contributed by atoms with Crippen LogP contribution in [0.2, 0.25) is 0 Å². The number of aliphatic hydroxyl groups is 1. The predicted octanol–water partition coefficient (Wildman–Crippen LogP) is 7.48. The van der Waals surface area contributed by atoms with Crippen molar-refractivity contribution in [2.75, 3.05) is 26.9 Å². The van der Waals surface area contributed by atoms with Gasteiger partial charge in [0, 0.05) is 109 Å². The molecule has 0 radical (unpaired) electrons. The number of fused-ring (bicyclic) bond motifs is 3. The molecule has 0 saturated heterocycles. The van der Waals surface area contributed by atoms with Crippen LogP contribution in [0.1, 0.15) is 88.5 Å². The van der Waals surface area contributed by atoms with E-state index in [1.54, 1.807) is 127 Å². The Labute approximate surface area is 447 Å². The first-order chi connectivity index (χ1) is 37.7. The number of aliphatic hydroxyl groups excluding tert-OH is 1. The molecule has 396 valence electrons. The standard InChI is InChI=1S/C20H18FN3O3.C20H18FN3O2.C19H16FN3O2/c1-3-13-6-7-14(16(21)11-13)12-17-18(20(26)23-27-10-9-25)15-5-4-8-22-19(15)24(17)2;1-4-13-8-9-14(16(21)11-13)12-17-18(20(25)23-26-5-2)15-7-6-10-22-19(15)24(17)3;1-4-12-7-8-13(15(20)10-12)11-16-17(19(24)22-25-3)14-6-5-9-21-18(14)23(16)2/h1,4-8,11,25H,9-10,12H2,2H3,(H,23,26);1,6-11H,5,12H2,2-3H3,(H,23,25);1,5-10H,11H2,2-3H3,(H,22,24). The van der Waals surface area contributed by atoms with E-state index in [0.29, 0.717) is 107 Å². The Morgan fingerprint density at radius 2 is 0.885 bits per heavy atom. The summed E-state index contributed by atoms with van der Waals surface area (Å²) in [7, 11) is 6.72. The first-order valence-corrected chi connectivity index (χ1v) is 24.0. The molecule has 0 spiro atoms. The lowest BCUT2D eigenvalue weighted by atomic mass is 10.0. The molecule has 3 amide bonds. The van der Waals surface area contributed by atoms with Crippen molar-refractivity contribution in [1.82, 2.24) is 45.1 Å². The van der Waals surface area contributed by atoms with Crippen LogP contribution in [-0.4, -0.2) is 78.4 Å². The minimum atomic E-state index is -0.488. The zero-order chi connectivity index (χ0) is 56.0. The van der Waals surface area contributed by atoms with Gasteiger partial charge in [-0.05, 0) is 96.4 Å². The zero-order valence-electron chi connectivity index (χ0n) is 43.1. The van der Waals surface area contributed by atoms with E-state index < -0.39 is 29.3 Å². The van der Waals surface area contributed by atoms with Crippen molar-refractivity contribution in [2.24, 2.45) is 21.1 Å². The minimum Gasteiger partial charge on any atom is -0.394 e. The Morgan fingerprint density at radius 1 is 0.551 bits per heavy atom. The first kappa shape index (κ1) is 56.2. The van der Waals surface area contributed by atoms with Crippen LogP contribution in [0.4, 0.5) is 13.2 Å². The number of carbonyl (C=O) groups is 3. The molecule has 4 N–H and O–H groups in total. The van der Waals surface area contributed by atoms with Gasteiger partial charge in [0.25, 0.3) is 17.7 Å². The molecule has 0 atom stereocenters. The monoisotopic (exact) mass is 1060 g/mol. The third kappa shape index (κ3) is 12.2. The van der Waals surface area contributed by atoms with Crippen molar-refractivity contribution in [3.63, 3.8) is 0 Å². The first-order valence-electron chi connectivity index (χ1n) is 24.0. The van der Waals surface area contributed by atoms with Gasteiger partial charge < -0.3 is 18.8 Å². The van der Waals surface area contributed by atoms with E-state index in [4.69, 9.17) is 38.9 Å². The number of nitrogens with zero attached hydrogens (tertiary/aromatic N) is 6. The van der Waals surface area contributed by atoms with Crippen molar-refractivity contribution in [2.45, 2.75) is 26.2 Å². The molecule has 3 aromatic carbocycles.